The van der Waals surface area contributed by atoms with Gasteiger partial charge in [0.2, 0.25) is 0 Å². The number of para-hydroxylation sites is 1. The molecule has 1 heterocycles. The van der Waals surface area contributed by atoms with E-state index in [2.05, 4.69) is 54.6 Å². The van der Waals surface area contributed by atoms with Crippen LogP contribution in [0.5, 0.6) is 0 Å². The molecule has 2 N–H and O–H groups in total. The maximum Gasteiger partial charge on any atom is 0.0456 e. The van der Waals surface area contributed by atoms with Crippen LogP contribution in [0.1, 0.15) is 25.8 Å². The number of benzene rings is 1. The van der Waals surface area contributed by atoms with Crippen LogP contribution in [-0.2, 0) is 6.42 Å². The Morgan fingerprint density at radius 3 is 2.82 bits per heavy atom. The van der Waals surface area contributed by atoms with Gasteiger partial charge < -0.3 is 10.3 Å². The molecule has 0 aliphatic carbocycles. The molecule has 0 amide bonds. The van der Waals surface area contributed by atoms with Crippen molar-refractivity contribution in [1.29, 1.82) is 0 Å². The summed E-state index contributed by atoms with van der Waals surface area (Å²) in [4.78, 5) is 3.32. The Bertz CT molecular complexity index is 457. The normalized spacial score (nSPS) is 11.5. The van der Waals surface area contributed by atoms with Crippen LogP contribution in [-0.4, -0.2) is 18.1 Å². The van der Waals surface area contributed by atoms with Crippen molar-refractivity contribution in [1.82, 2.24) is 10.3 Å². The van der Waals surface area contributed by atoms with Crippen LogP contribution in [0.25, 0.3) is 10.9 Å². The summed E-state index contributed by atoms with van der Waals surface area (Å²) in [5.74, 6) is 0.788. The molecule has 0 aliphatic heterocycles. The predicted octanol–water partition coefficient (Wildman–Crippen LogP) is 3.35. The van der Waals surface area contributed by atoms with Crippen molar-refractivity contribution in [3.05, 3.63) is 36.0 Å². The lowest BCUT2D eigenvalue weighted by molar-refractivity contribution is 0.539. The monoisotopic (exact) mass is 230 g/mol. The van der Waals surface area contributed by atoms with Crippen LogP contribution in [0.15, 0.2) is 30.5 Å². The first kappa shape index (κ1) is 12.2. The number of nitrogens with one attached hydrogen (secondary N) is 2. The van der Waals surface area contributed by atoms with Crippen molar-refractivity contribution in [3.63, 3.8) is 0 Å². The highest BCUT2D eigenvalue weighted by Crippen LogP contribution is 2.17. The summed E-state index contributed by atoms with van der Waals surface area (Å²) in [5, 5.41) is 4.87. The lowest BCUT2D eigenvalue weighted by atomic mass is 10.1. The van der Waals surface area contributed by atoms with Crippen molar-refractivity contribution in [2.24, 2.45) is 5.92 Å². The van der Waals surface area contributed by atoms with E-state index in [1.165, 1.54) is 22.9 Å². The molecule has 2 heteroatoms. The van der Waals surface area contributed by atoms with Crippen molar-refractivity contribution < 1.29 is 0 Å². The SMILES string of the molecule is CC(C)CCNCCc1c[nH]c2ccccc12. The Morgan fingerprint density at radius 1 is 1.18 bits per heavy atom. The maximum absolute atomic E-state index is 3.51. The van der Waals surface area contributed by atoms with Gasteiger partial charge >= 0.3 is 0 Å². The minimum absolute atomic E-state index is 0.788. The lowest BCUT2D eigenvalue weighted by Gasteiger charge is -2.06. The molecule has 0 fully saturated rings. The Kier molecular flexibility index (Phi) is 4.21. The smallest absolute Gasteiger partial charge is 0.0456 e. The number of aromatic nitrogens is 1. The minimum atomic E-state index is 0.788. The first-order valence-electron chi connectivity index (χ1n) is 6.53. The van der Waals surface area contributed by atoms with Gasteiger partial charge in [0.05, 0.1) is 0 Å². The number of aromatic amines is 1. The molecular weight excluding hydrogens is 208 g/mol. The zero-order valence-corrected chi connectivity index (χ0v) is 10.8. The summed E-state index contributed by atoms with van der Waals surface area (Å²) < 4.78 is 0. The van der Waals surface area contributed by atoms with Gasteiger partial charge in [-0.15, -0.1) is 0 Å². The molecule has 17 heavy (non-hydrogen) atoms. The average molecular weight is 230 g/mol. The van der Waals surface area contributed by atoms with Gasteiger partial charge in [0.1, 0.15) is 0 Å². The second-order valence-corrected chi connectivity index (χ2v) is 5.04. The van der Waals surface area contributed by atoms with E-state index in [0.29, 0.717) is 0 Å². The van der Waals surface area contributed by atoms with E-state index in [1.54, 1.807) is 0 Å². The Labute approximate surface area is 103 Å². The molecule has 1 aromatic carbocycles. The van der Waals surface area contributed by atoms with E-state index in [4.69, 9.17) is 0 Å². The number of rotatable bonds is 6. The van der Waals surface area contributed by atoms with Gasteiger partial charge in [-0.1, -0.05) is 32.0 Å². The third-order valence-corrected chi connectivity index (χ3v) is 3.14. The van der Waals surface area contributed by atoms with E-state index in [-0.39, 0.29) is 0 Å². The molecule has 0 radical (unpaired) electrons. The molecule has 0 aliphatic rings. The van der Waals surface area contributed by atoms with Gasteiger partial charge in [-0.3, -0.25) is 0 Å². The van der Waals surface area contributed by atoms with E-state index >= 15 is 0 Å². The van der Waals surface area contributed by atoms with E-state index < -0.39 is 0 Å². The molecule has 0 spiro atoms. The molecular formula is C15H22N2. The average Bonchev–Trinajstić information content (AvgIpc) is 2.72. The third kappa shape index (κ3) is 3.34. The van der Waals surface area contributed by atoms with Crippen LogP contribution in [0.2, 0.25) is 0 Å². The highest BCUT2D eigenvalue weighted by Gasteiger charge is 2.01. The van der Waals surface area contributed by atoms with Crippen LogP contribution >= 0.6 is 0 Å². The summed E-state index contributed by atoms with van der Waals surface area (Å²) in [6.07, 6.45) is 4.49. The van der Waals surface area contributed by atoms with Crippen LogP contribution in [0, 0.1) is 5.92 Å². The van der Waals surface area contributed by atoms with Crippen LogP contribution in [0.4, 0.5) is 0 Å². The second kappa shape index (κ2) is 5.87. The van der Waals surface area contributed by atoms with Crippen molar-refractivity contribution >= 4 is 10.9 Å². The van der Waals surface area contributed by atoms with Gasteiger partial charge in [-0.05, 0) is 43.5 Å². The number of hydrogen-bond acceptors (Lipinski definition) is 1. The first-order valence-corrected chi connectivity index (χ1v) is 6.53. The number of H-pyrrole nitrogens is 1. The summed E-state index contributed by atoms with van der Waals surface area (Å²) in [6, 6.07) is 8.50. The zero-order chi connectivity index (χ0) is 12.1. The molecule has 0 atom stereocenters. The molecule has 0 saturated carbocycles. The summed E-state index contributed by atoms with van der Waals surface area (Å²) >= 11 is 0. The van der Waals surface area contributed by atoms with Gasteiger partial charge in [0.25, 0.3) is 0 Å². The van der Waals surface area contributed by atoms with Crippen LogP contribution in [0.3, 0.4) is 0 Å². The molecule has 1 aromatic heterocycles. The fourth-order valence-electron chi connectivity index (χ4n) is 2.08. The molecule has 92 valence electrons. The number of fused-ring (bicyclic) bond motifs is 1. The standard InChI is InChI=1S/C15H22N2/c1-12(2)7-9-16-10-8-13-11-17-15-6-4-3-5-14(13)15/h3-6,11-12,16-17H,7-10H2,1-2H3. The third-order valence-electron chi connectivity index (χ3n) is 3.14. The Balaban J connectivity index is 1.83. The highest BCUT2D eigenvalue weighted by atomic mass is 14.8. The molecule has 0 bridgehead atoms. The van der Waals surface area contributed by atoms with Gasteiger partial charge in [0.15, 0.2) is 0 Å². The minimum Gasteiger partial charge on any atom is -0.361 e. The fraction of sp³-hybridized carbons (Fsp3) is 0.467. The predicted molar refractivity (Wildman–Crippen MR) is 74.3 cm³/mol. The van der Waals surface area contributed by atoms with Crippen molar-refractivity contribution in [2.75, 3.05) is 13.1 Å². The Morgan fingerprint density at radius 2 is 2.00 bits per heavy atom. The van der Waals surface area contributed by atoms with Gasteiger partial charge in [-0.25, -0.2) is 0 Å². The largest absolute Gasteiger partial charge is 0.361 e. The maximum atomic E-state index is 3.51. The fourth-order valence-corrected chi connectivity index (χ4v) is 2.08. The van der Waals surface area contributed by atoms with Gasteiger partial charge in [-0.2, -0.15) is 0 Å². The number of hydrogen-bond donors (Lipinski definition) is 2. The second-order valence-electron chi connectivity index (χ2n) is 5.04. The highest BCUT2D eigenvalue weighted by molar-refractivity contribution is 5.83. The van der Waals surface area contributed by atoms with E-state index in [0.717, 1.165) is 25.4 Å². The zero-order valence-electron chi connectivity index (χ0n) is 10.8. The first-order chi connectivity index (χ1) is 8.27. The van der Waals surface area contributed by atoms with Gasteiger partial charge in [0, 0.05) is 17.1 Å². The van der Waals surface area contributed by atoms with Crippen molar-refractivity contribution in [2.45, 2.75) is 26.7 Å². The van der Waals surface area contributed by atoms with Crippen LogP contribution < -0.4 is 5.32 Å². The quantitative estimate of drug-likeness (QED) is 0.732. The van der Waals surface area contributed by atoms with Crippen molar-refractivity contribution in [3.8, 4) is 0 Å². The Hall–Kier alpha value is -1.28. The molecule has 2 aromatic rings. The molecule has 0 saturated heterocycles. The molecule has 2 rings (SSSR count). The summed E-state index contributed by atoms with van der Waals surface area (Å²) in [7, 11) is 0. The van der Waals surface area contributed by atoms with E-state index in [1.807, 2.05) is 0 Å². The summed E-state index contributed by atoms with van der Waals surface area (Å²) in [5.41, 5.74) is 2.65. The molecule has 2 nitrogen and oxygen atoms in total. The summed E-state index contributed by atoms with van der Waals surface area (Å²) in [6.45, 7) is 6.72. The lowest BCUT2D eigenvalue weighted by Crippen LogP contribution is -2.19. The topological polar surface area (TPSA) is 27.8 Å². The van der Waals surface area contributed by atoms with E-state index in [9.17, 15) is 0 Å². The molecule has 0 unspecified atom stereocenters.